The molecule has 0 saturated carbocycles. The van der Waals surface area contributed by atoms with Crippen LogP contribution in [0.2, 0.25) is 0 Å². The molecule has 0 atom stereocenters. The molecule has 2 N–H and O–H groups in total. The second-order valence-electron chi connectivity index (χ2n) is 4.24. The van der Waals surface area contributed by atoms with Gasteiger partial charge in [0.2, 0.25) is 0 Å². The lowest BCUT2D eigenvalue weighted by molar-refractivity contribution is 0.626. The van der Waals surface area contributed by atoms with Gasteiger partial charge in [-0.15, -0.1) is 11.8 Å². The number of rotatable bonds is 3. The van der Waals surface area contributed by atoms with E-state index in [1.807, 2.05) is 31.2 Å². The molecule has 0 aromatic heterocycles. The van der Waals surface area contributed by atoms with E-state index in [0.717, 1.165) is 21.7 Å². The fourth-order valence-electron chi connectivity index (χ4n) is 1.74. The largest absolute Gasteiger partial charge is 0.398 e. The Kier molecular flexibility index (Phi) is 4.08. The lowest BCUT2D eigenvalue weighted by Gasteiger charge is -2.08. The fourth-order valence-corrected chi connectivity index (χ4v) is 2.72. The number of anilines is 1. The summed E-state index contributed by atoms with van der Waals surface area (Å²) in [6.07, 6.45) is 0. The highest BCUT2D eigenvalue weighted by Gasteiger charge is 2.05. The van der Waals surface area contributed by atoms with Crippen molar-refractivity contribution in [2.75, 3.05) is 5.73 Å². The third kappa shape index (κ3) is 3.27. The van der Waals surface area contributed by atoms with Crippen LogP contribution in [0.4, 0.5) is 10.1 Å². The predicted octanol–water partition coefficient (Wildman–Crippen LogP) is 3.88. The van der Waals surface area contributed by atoms with Gasteiger partial charge in [0.05, 0.1) is 11.6 Å². The standard InChI is InChI=1S/C15H13FN2S/c1-10-3-2-4-14(15(10)18)19-9-12-5-11(8-17)6-13(16)7-12/h2-7H,9,18H2,1H3. The van der Waals surface area contributed by atoms with Crippen LogP contribution in [0, 0.1) is 24.1 Å². The SMILES string of the molecule is Cc1cccc(SCc2cc(F)cc(C#N)c2)c1N. The molecule has 19 heavy (non-hydrogen) atoms. The number of nitrogens with two attached hydrogens (primary N) is 1. The normalized spacial score (nSPS) is 10.2. The number of nitrogen functional groups attached to an aromatic ring is 1. The number of halogens is 1. The zero-order chi connectivity index (χ0) is 13.8. The minimum Gasteiger partial charge on any atom is -0.398 e. The highest BCUT2D eigenvalue weighted by Crippen LogP contribution is 2.30. The molecule has 0 radical (unpaired) electrons. The highest BCUT2D eigenvalue weighted by atomic mass is 32.2. The van der Waals surface area contributed by atoms with Crippen LogP contribution < -0.4 is 5.73 Å². The van der Waals surface area contributed by atoms with Crippen molar-refractivity contribution in [3.8, 4) is 6.07 Å². The Bertz CT molecular complexity index is 647. The molecule has 2 nitrogen and oxygen atoms in total. The molecule has 2 rings (SSSR count). The number of para-hydroxylation sites is 1. The minimum absolute atomic E-state index is 0.341. The molecule has 96 valence electrons. The Balaban J connectivity index is 2.17. The van der Waals surface area contributed by atoms with Crippen LogP contribution in [0.3, 0.4) is 0 Å². The fraction of sp³-hybridized carbons (Fsp3) is 0.133. The molecule has 2 aromatic carbocycles. The molecule has 0 heterocycles. The third-order valence-corrected chi connectivity index (χ3v) is 3.91. The first kappa shape index (κ1) is 13.4. The summed E-state index contributed by atoms with van der Waals surface area (Å²) >= 11 is 1.54. The highest BCUT2D eigenvalue weighted by molar-refractivity contribution is 7.98. The molecule has 0 fully saturated rings. The van der Waals surface area contributed by atoms with Crippen molar-refractivity contribution in [2.24, 2.45) is 0 Å². The molecular weight excluding hydrogens is 259 g/mol. The molecule has 0 aliphatic carbocycles. The van der Waals surface area contributed by atoms with Gasteiger partial charge in [0.1, 0.15) is 5.82 Å². The lowest BCUT2D eigenvalue weighted by atomic mass is 10.1. The predicted molar refractivity (Wildman–Crippen MR) is 76.3 cm³/mol. The van der Waals surface area contributed by atoms with Crippen LogP contribution in [0.1, 0.15) is 16.7 Å². The van der Waals surface area contributed by atoms with Crippen molar-refractivity contribution < 1.29 is 4.39 Å². The maximum absolute atomic E-state index is 13.3. The van der Waals surface area contributed by atoms with Gasteiger partial charge in [0.15, 0.2) is 0 Å². The zero-order valence-electron chi connectivity index (χ0n) is 10.5. The first-order valence-electron chi connectivity index (χ1n) is 5.77. The first-order valence-corrected chi connectivity index (χ1v) is 6.76. The van der Waals surface area contributed by atoms with Gasteiger partial charge in [-0.1, -0.05) is 12.1 Å². The molecule has 0 spiro atoms. The van der Waals surface area contributed by atoms with Gasteiger partial charge < -0.3 is 5.73 Å². The maximum Gasteiger partial charge on any atom is 0.124 e. The molecule has 0 aliphatic rings. The molecule has 0 amide bonds. The summed E-state index contributed by atoms with van der Waals surface area (Å²) in [6, 6.07) is 12.2. The summed E-state index contributed by atoms with van der Waals surface area (Å²) in [5, 5.41) is 8.81. The van der Waals surface area contributed by atoms with Crippen molar-refractivity contribution in [1.82, 2.24) is 0 Å². The van der Waals surface area contributed by atoms with E-state index < -0.39 is 0 Å². The number of benzene rings is 2. The van der Waals surface area contributed by atoms with Gasteiger partial charge in [0.25, 0.3) is 0 Å². The monoisotopic (exact) mass is 272 g/mol. The Morgan fingerprint density at radius 3 is 2.84 bits per heavy atom. The van der Waals surface area contributed by atoms with E-state index in [1.165, 1.54) is 12.1 Å². The molecule has 2 aromatic rings. The Morgan fingerprint density at radius 2 is 2.11 bits per heavy atom. The first-order chi connectivity index (χ1) is 9.10. The number of nitriles is 1. The lowest BCUT2D eigenvalue weighted by Crippen LogP contribution is -1.93. The zero-order valence-corrected chi connectivity index (χ0v) is 11.3. The number of thioether (sulfide) groups is 1. The topological polar surface area (TPSA) is 49.8 Å². The Labute approximate surface area is 116 Å². The molecule has 4 heteroatoms. The van der Waals surface area contributed by atoms with Gasteiger partial charge in [-0.05, 0) is 42.3 Å². The summed E-state index contributed by atoms with van der Waals surface area (Å²) < 4.78 is 13.3. The Hall–Kier alpha value is -1.99. The number of hydrogen-bond acceptors (Lipinski definition) is 3. The van der Waals surface area contributed by atoms with Crippen molar-refractivity contribution in [3.05, 3.63) is 58.9 Å². The van der Waals surface area contributed by atoms with Crippen LogP contribution in [0.15, 0.2) is 41.3 Å². The van der Waals surface area contributed by atoms with Crippen LogP contribution in [0.25, 0.3) is 0 Å². The molecular formula is C15H13FN2S. The molecule has 0 aliphatic heterocycles. The maximum atomic E-state index is 13.3. The number of nitrogens with zero attached hydrogens (tertiary/aromatic N) is 1. The van der Waals surface area contributed by atoms with Crippen molar-refractivity contribution >= 4 is 17.4 Å². The van der Waals surface area contributed by atoms with Crippen LogP contribution >= 0.6 is 11.8 Å². The van der Waals surface area contributed by atoms with Gasteiger partial charge in [0, 0.05) is 16.3 Å². The minimum atomic E-state index is -0.383. The van der Waals surface area contributed by atoms with Crippen LogP contribution in [0.5, 0.6) is 0 Å². The van der Waals surface area contributed by atoms with Crippen LogP contribution in [-0.4, -0.2) is 0 Å². The van der Waals surface area contributed by atoms with E-state index in [1.54, 1.807) is 17.8 Å². The summed E-state index contributed by atoms with van der Waals surface area (Å²) in [5.74, 6) is 0.201. The van der Waals surface area contributed by atoms with Gasteiger partial charge in [-0.25, -0.2) is 4.39 Å². The van der Waals surface area contributed by atoms with Gasteiger partial charge in [-0.2, -0.15) is 5.26 Å². The number of aryl methyl sites for hydroxylation is 1. The summed E-state index contributed by atoms with van der Waals surface area (Å²) in [5.41, 5.74) is 8.89. The van der Waals surface area contributed by atoms with E-state index in [4.69, 9.17) is 11.0 Å². The molecule has 0 bridgehead atoms. The van der Waals surface area contributed by atoms with E-state index in [2.05, 4.69) is 0 Å². The van der Waals surface area contributed by atoms with E-state index in [-0.39, 0.29) is 5.82 Å². The summed E-state index contributed by atoms with van der Waals surface area (Å²) in [4.78, 5) is 0.975. The van der Waals surface area contributed by atoms with E-state index in [0.29, 0.717) is 11.3 Å². The van der Waals surface area contributed by atoms with Gasteiger partial charge >= 0.3 is 0 Å². The van der Waals surface area contributed by atoms with E-state index in [9.17, 15) is 4.39 Å². The van der Waals surface area contributed by atoms with Crippen LogP contribution in [-0.2, 0) is 5.75 Å². The molecule has 0 unspecified atom stereocenters. The smallest absolute Gasteiger partial charge is 0.124 e. The van der Waals surface area contributed by atoms with Crippen molar-refractivity contribution in [1.29, 1.82) is 5.26 Å². The molecule has 0 saturated heterocycles. The van der Waals surface area contributed by atoms with Crippen molar-refractivity contribution in [2.45, 2.75) is 17.6 Å². The third-order valence-electron chi connectivity index (χ3n) is 2.77. The summed E-state index contributed by atoms with van der Waals surface area (Å²) in [7, 11) is 0. The quantitative estimate of drug-likeness (QED) is 0.681. The average Bonchev–Trinajstić information content (AvgIpc) is 2.40. The second kappa shape index (κ2) is 5.77. The van der Waals surface area contributed by atoms with E-state index >= 15 is 0 Å². The second-order valence-corrected chi connectivity index (χ2v) is 5.25. The summed E-state index contributed by atoms with van der Waals surface area (Å²) in [6.45, 7) is 1.95. The Morgan fingerprint density at radius 1 is 1.32 bits per heavy atom. The van der Waals surface area contributed by atoms with Gasteiger partial charge in [-0.3, -0.25) is 0 Å². The number of hydrogen-bond donors (Lipinski definition) is 1. The average molecular weight is 272 g/mol. The van der Waals surface area contributed by atoms with Crippen molar-refractivity contribution in [3.63, 3.8) is 0 Å².